The molecule has 2 heteroatoms. The van der Waals surface area contributed by atoms with Gasteiger partial charge in [-0.3, -0.25) is 4.79 Å². The van der Waals surface area contributed by atoms with Crippen LogP contribution in [0.4, 0.5) is 0 Å². The first-order chi connectivity index (χ1) is 5.84. The lowest BCUT2D eigenvalue weighted by molar-refractivity contribution is -0.139. The maximum atomic E-state index is 11.5. The maximum absolute atomic E-state index is 11.5. The molecule has 2 aliphatic rings. The van der Waals surface area contributed by atoms with Crippen molar-refractivity contribution < 1.29 is 4.79 Å². The lowest BCUT2D eigenvalue weighted by atomic mass is 9.64. The molecule has 3 atom stereocenters. The van der Waals surface area contributed by atoms with Gasteiger partial charge in [-0.15, -0.1) is 0 Å². The van der Waals surface area contributed by atoms with Crippen molar-refractivity contribution in [2.75, 3.05) is 5.33 Å². The molecule has 0 bridgehead atoms. The molecule has 0 radical (unpaired) electrons. The second-order valence-electron chi connectivity index (χ2n) is 3.69. The fraction of sp³-hybridized carbons (Fsp3) is 0.700. The lowest BCUT2D eigenvalue weighted by Crippen LogP contribution is -2.44. The minimum atomic E-state index is 0.367. The van der Waals surface area contributed by atoms with Crippen LogP contribution in [0.15, 0.2) is 12.2 Å². The molecule has 0 aromatic heterocycles. The summed E-state index contributed by atoms with van der Waals surface area (Å²) in [4.78, 5) is 11.5. The van der Waals surface area contributed by atoms with E-state index in [9.17, 15) is 4.79 Å². The standard InChI is InChI=1S/C10H13BrO/c11-6-2-5-9-7-3-1-4-8(7)10(9)12/h1,3,7-9H,2,4-6H2/t7-,8+,9-/m0/s1. The Kier molecular flexibility index (Phi) is 2.35. The summed E-state index contributed by atoms with van der Waals surface area (Å²) in [6.45, 7) is 0. The molecule has 0 aromatic carbocycles. The summed E-state index contributed by atoms with van der Waals surface area (Å²) in [5.41, 5.74) is 0. The molecule has 0 unspecified atom stereocenters. The summed E-state index contributed by atoms with van der Waals surface area (Å²) in [6, 6.07) is 0. The molecule has 0 spiro atoms. The fourth-order valence-corrected chi connectivity index (χ4v) is 2.70. The van der Waals surface area contributed by atoms with Crippen LogP contribution in [0.1, 0.15) is 19.3 Å². The lowest BCUT2D eigenvalue weighted by Gasteiger charge is -2.38. The van der Waals surface area contributed by atoms with Crippen molar-refractivity contribution in [2.45, 2.75) is 19.3 Å². The maximum Gasteiger partial charge on any atom is 0.140 e. The van der Waals surface area contributed by atoms with Crippen LogP contribution in [0.25, 0.3) is 0 Å². The Balaban J connectivity index is 1.91. The van der Waals surface area contributed by atoms with Gasteiger partial charge in [0.05, 0.1) is 0 Å². The zero-order valence-corrected chi connectivity index (χ0v) is 8.59. The number of ketones is 1. The molecule has 0 aromatic rings. The molecule has 0 N–H and O–H groups in total. The van der Waals surface area contributed by atoms with E-state index in [2.05, 4.69) is 28.1 Å². The third-order valence-electron chi connectivity index (χ3n) is 3.06. The second kappa shape index (κ2) is 3.33. The monoisotopic (exact) mass is 228 g/mol. The van der Waals surface area contributed by atoms with Gasteiger partial charge in [-0.2, -0.15) is 0 Å². The number of carbonyl (C=O) groups is 1. The van der Waals surface area contributed by atoms with E-state index in [1.165, 1.54) is 0 Å². The zero-order valence-electron chi connectivity index (χ0n) is 7.00. The van der Waals surface area contributed by atoms with Crippen LogP contribution >= 0.6 is 15.9 Å². The molecule has 0 aliphatic heterocycles. The summed E-state index contributed by atoms with van der Waals surface area (Å²) in [5, 5.41) is 1.03. The van der Waals surface area contributed by atoms with Gasteiger partial charge in [0.2, 0.25) is 0 Å². The van der Waals surface area contributed by atoms with Gasteiger partial charge in [-0.1, -0.05) is 28.1 Å². The highest BCUT2D eigenvalue weighted by atomic mass is 79.9. The first-order valence-electron chi connectivity index (χ1n) is 4.61. The highest BCUT2D eigenvalue weighted by Crippen LogP contribution is 2.46. The SMILES string of the molecule is O=C1[C@@H](CCCBr)[C@H]2C=CC[C@@H]12. The third-order valence-corrected chi connectivity index (χ3v) is 3.62. The minimum absolute atomic E-state index is 0.367. The summed E-state index contributed by atoms with van der Waals surface area (Å²) < 4.78 is 0. The number of carbonyl (C=O) groups excluding carboxylic acids is 1. The van der Waals surface area contributed by atoms with Gasteiger partial charge in [0.1, 0.15) is 5.78 Å². The zero-order chi connectivity index (χ0) is 8.55. The van der Waals surface area contributed by atoms with E-state index in [1.807, 2.05) is 0 Å². The van der Waals surface area contributed by atoms with Gasteiger partial charge in [0.15, 0.2) is 0 Å². The van der Waals surface area contributed by atoms with Crippen LogP contribution in [0.5, 0.6) is 0 Å². The van der Waals surface area contributed by atoms with Crippen molar-refractivity contribution in [1.29, 1.82) is 0 Å². The van der Waals surface area contributed by atoms with E-state index >= 15 is 0 Å². The Hall–Kier alpha value is -0.110. The molecule has 66 valence electrons. The topological polar surface area (TPSA) is 17.1 Å². The van der Waals surface area contributed by atoms with Crippen LogP contribution in [-0.2, 0) is 4.79 Å². The number of hydrogen-bond donors (Lipinski definition) is 0. The van der Waals surface area contributed by atoms with Crippen molar-refractivity contribution in [3.63, 3.8) is 0 Å². The Morgan fingerprint density at radius 2 is 2.42 bits per heavy atom. The number of Topliss-reactive ketones (excluding diaryl/α,β-unsaturated/α-hetero) is 1. The summed E-state index contributed by atoms with van der Waals surface area (Å²) >= 11 is 3.39. The molecular weight excluding hydrogens is 216 g/mol. The average Bonchev–Trinajstić information content (AvgIpc) is 2.49. The predicted octanol–water partition coefficient (Wildman–Crippen LogP) is 2.55. The molecule has 1 nitrogen and oxygen atoms in total. The Morgan fingerprint density at radius 1 is 1.58 bits per heavy atom. The van der Waals surface area contributed by atoms with E-state index in [1.54, 1.807) is 0 Å². The average molecular weight is 229 g/mol. The van der Waals surface area contributed by atoms with Crippen LogP contribution in [0, 0.1) is 17.8 Å². The van der Waals surface area contributed by atoms with Crippen LogP contribution in [0.2, 0.25) is 0 Å². The fourth-order valence-electron chi connectivity index (χ4n) is 2.37. The number of hydrogen-bond acceptors (Lipinski definition) is 1. The van der Waals surface area contributed by atoms with E-state index < -0.39 is 0 Å². The second-order valence-corrected chi connectivity index (χ2v) is 4.48. The number of halogens is 1. The van der Waals surface area contributed by atoms with Crippen molar-refractivity contribution >= 4 is 21.7 Å². The Bertz CT molecular complexity index is 222. The predicted molar refractivity (Wildman–Crippen MR) is 52.3 cm³/mol. The normalized spacial score (nSPS) is 38.1. The van der Waals surface area contributed by atoms with Gasteiger partial charge >= 0.3 is 0 Å². The van der Waals surface area contributed by atoms with Crippen molar-refractivity contribution in [3.05, 3.63) is 12.2 Å². The molecule has 0 heterocycles. The molecule has 1 saturated carbocycles. The number of fused-ring (bicyclic) bond motifs is 1. The van der Waals surface area contributed by atoms with E-state index in [0.717, 1.165) is 24.6 Å². The third kappa shape index (κ3) is 1.17. The highest BCUT2D eigenvalue weighted by Gasteiger charge is 2.48. The molecule has 2 aliphatic carbocycles. The summed E-state index contributed by atoms with van der Waals surface area (Å²) in [6.07, 6.45) is 7.63. The van der Waals surface area contributed by atoms with Gasteiger partial charge in [-0.05, 0) is 25.2 Å². The van der Waals surface area contributed by atoms with Gasteiger partial charge in [0, 0.05) is 17.2 Å². The molecule has 12 heavy (non-hydrogen) atoms. The van der Waals surface area contributed by atoms with Crippen molar-refractivity contribution in [3.8, 4) is 0 Å². The molecule has 2 rings (SSSR count). The van der Waals surface area contributed by atoms with Gasteiger partial charge < -0.3 is 0 Å². The Morgan fingerprint density at radius 3 is 3.17 bits per heavy atom. The van der Waals surface area contributed by atoms with E-state index in [0.29, 0.717) is 23.5 Å². The minimum Gasteiger partial charge on any atom is -0.299 e. The van der Waals surface area contributed by atoms with Crippen molar-refractivity contribution in [1.82, 2.24) is 0 Å². The summed E-state index contributed by atoms with van der Waals surface area (Å²) in [7, 11) is 0. The van der Waals surface area contributed by atoms with Gasteiger partial charge in [-0.25, -0.2) is 0 Å². The van der Waals surface area contributed by atoms with Crippen LogP contribution in [-0.4, -0.2) is 11.1 Å². The quantitative estimate of drug-likeness (QED) is 0.537. The number of allylic oxidation sites excluding steroid dienone is 2. The molecular formula is C10H13BrO. The first kappa shape index (κ1) is 8.49. The van der Waals surface area contributed by atoms with E-state index in [-0.39, 0.29) is 0 Å². The number of rotatable bonds is 3. The van der Waals surface area contributed by atoms with Crippen LogP contribution in [0.3, 0.4) is 0 Å². The van der Waals surface area contributed by atoms with E-state index in [4.69, 9.17) is 0 Å². The smallest absolute Gasteiger partial charge is 0.140 e. The largest absolute Gasteiger partial charge is 0.299 e. The summed E-state index contributed by atoms with van der Waals surface area (Å²) in [5.74, 6) is 1.87. The molecule has 1 fully saturated rings. The van der Waals surface area contributed by atoms with Gasteiger partial charge in [0.25, 0.3) is 0 Å². The molecule has 0 saturated heterocycles. The highest BCUT2D eigenvalue weighted by molar-refractivity contribution is 9.09. The van der Waals surface area contributed by atoms with Crippen molar-refractivity contribution in [2.24, 2.45) is 17.8 Å². The van der Waals surface area contributed by atoms with Crippen LogP contribution < -0.4 is 0 Å². The molecule has 0 amide bonds. The Labute approximate surface area is 81.4 Å². The first-order valence-corrected chi connectivity index (χ1v) is 5.73. The number of alkyl halides is 1.